The number of aromatic nitrogens is 1. The molecule has 118 valence electrons. The van der Waals surface area contributed by atoms with Crippen molar-refractivity contribution in [3.05, 3.63) is 30.2 Å². The Morgan fingerprint density at radius 3 is 2.95 bits per heavy atom. The third kappa shape index (κ3) is 3.03. The first-order valence-electron chi connectivity index (χ1n) is 8.58. The molecule has 0 aliphatic carbocycles. The topological polar surface area (TPSA) is 38.5 Å². The molecule has 4 nitrogen and oxygen atoms in total. The molecule has 0 amide bonds. The quantitative estimate of drug-likeness (QED) is 0.868. The molecule has 4 rings (SSSR count). The van der Waals surface area contributed by atoms with Crippen LogP contribution in [0.1, 0.15) is 43.9 Å². The number of hydrogen-bond donors (Lipinski definition) is 0. The number of benzene rings is 1. The van der Waals surface area contributed by atoms with E-state index in [0.29, 0.717) is 12.0 Å². The summed E-state index contributed by atoms with van der Waals surface area (Å²) in [5.41, 5.74) is 1.88. The van der Waals surface area contributed by atoms with Crippen LogP contribution in [0.4, 0.5) is 0 Å². The van der Waals surface area contributed by atoms with Crippen molar-refractivity contribution in [1.29, 1.82) is 0 Å². The van der Waals surface area contributed by atoms with E-state index in [1.54, 1.807) is 0 Å². The third-order valence-corrected chi connectivity index (χ3v) is 4.90. The molecule has 22 heavy (non-hydrogen) atoms. The van der Waals surface area contributed by atoms with E-state index in [-0.39, 0.29) is 0 Å². The Labute approximate surface area is 131 Å². The van der Waals surface area contributed by atoms with Gasteiger partial charge >= 0.3 is 0 Å². The summed E-state index contributed by atoms with van der Waals surface area (Å²) in [7, 11) is 0. The van der Waals surface area contributed by atoms with Crippen molar-refractivity contribution in [2.45, 2.75) is 44.1 Å². The van der Waals surface area contributed by atoms with Gasteiger partial charge in [0, 0.05) is 25.6 Å². The first-order valence-corrected chi connectivity index (χ1v) is 8.58. The summed E-state index contributed by atoms with van der Waals surface area (Å²) in [5, 5.41) is 0. The molecular weight excluding hydrogens is 276 g/mol. The van der Waals surface area contributed by atoms with E-state index >= 15 is 0 Å². The number of ether oxygens (including phenoxy) is 1. The average molecular weight is 300 g/mol. The van der Waals surface area contributed by atoms with Crippen molar-refractivity contribution in [3.8, 4) is 0 Å². The number of nitrogens with zero attached hydrogens (tertiary/aromatic N) is 2. The van der Waals surface area contributed by atoms with Crippen LogP contribution in [-0.4, -0.2) is 42.2 Å². The van der Waals surface area contributed by atoms with E-state index in [4.69, 9.17) is 14.1 Å². The Kier molecular flexibility index (Phi) is 4.13. The minimum absolute atomic E-state index is 0.421. The van der Waals surface area contributed by atoms with Crippen LogP contribution in [0.5, 0.6) is 0 Å². The van der Waals surface area contributed by atoms with Crippen LogP contribution in [-0.2, 0) is 4.74 Å². The second-order valence-corrected chi connectivity index (χ2v) is 6.61. The Hall–Kier alpha value is -1.39. The number of hydrogen-bond acceptors (Lipinski definition) is 4. The minimum atomic E-state index is 0.421. The summed E-state index contributed by atoms with van der Waals surface area (Å²) in [6, 6.07) is 8.05. The summed E-state index contributed by atoms with van der Waals surface area (Å²) in [6.45, 7) is 4.23. The fraction of sp³-hybridized carbons (Fsp3) is 0.611. The fourth-order valence-corrected chi connectivity index (χ4v) is 3.73. The molecule has 2 aliphatic rings. The van der Waals surface area contributed by atoms with Crippen molar-refractivity contribution in [1.82, 2.24) is 9.88 Å². The molecule has 0 radical (unpaired) electrons. The lowest BCUT2D eigenvalue weighted by molar-refractivity contribution is -0.0106. The van der Waals surface area contributed by atoms with E-state index in [2.05, 4.69) is 4.90 Å². The van der Waals surface area contributed by atoms with E-state index in [9.17, 15) is 0 Å². The summed E-state index contributed by atoms with van der Waals surface area (Å²) in [6.07, 6.45) is 6.57. The van der Waals surface area contributed by atoms with Crippen LogP contribution in [0.2, 0.25) is 0 Å². The largest absolute Gasteiger partial charge is 0.440 e. The SMILES string of the molecule is c1ccc2oc([C@H]3CCCN(C[C@@H]4CCCCO4)C3)nc2c1. The van der Waals surface area contributed by atoms with Crippen molar-refractivity contribution in [2.75, 3.05) is 26.2 Å². The van der Waals surface area contributed by atoms with Crippen LogP contribution in [0, 0.1) is 0 Å². The zero-order valence-corrected chi connectivity index (χ0v) is 13.0. The predicted octanol–water partition coefficient (Wildman–Crippen LogP) is 3.58. The number of fused-ring (bicyclic) bond motifs is 1. The van der Waals surface area contributed by atoms with Gasteiger partial charge in [0.1, 0.15) is 5.52 Å². The van der Waals surface area contributed by atoms with Gasteiger partial charge in [-0.3, -0.25) is 4.90 Å². The van der Waals surface area contributed by atoms with E-state index in [1.165, 1.54) is 38.6 Å². The van der Waals surface area contributed by atoms with Crippen LogP contribution in [0.3, 0.4) is 0 Å². The van der Waals surface area contributed by atoms with Gasteiger partial charge in [-0.25, -0.2) is 4.98 Å². The molecule has 0 saturated carbocycles. The van der Waals surface area contributed by atoms with Gasteiger partial charge in [-0.05, 0) is 50.8 Å². The van der Waals surface area contributed by atoms with Gasteiger partial charge in [0.15, 0.2) is 11.5 Å². The van der Waals surface area contributed by atoms with Crippen LogP contribution in [0.15, 0.2) is 28.7 Å². The molecule has 2 fully saturated rings. The first kappa shape index (κ1) is 14.2. The van der Waals surface area contributed by atoms with Crippen LogP contribution < -0.4 is 0 Å². The number of rotatable bonds is 3. The summed E-state index contributed by atoms with van der Waals surface area (Å²) in [5.74, 6) is 1.33. The Balaban J connectivity index is 1.43. The summed E-state index contributed by atoms with van der Waals surface area (Å²) < 4.78 is 11.9. The van der Waals surface area contributed by atoms with Gasteiger partial charge in [0.05, 0.1) is 6.10 Å². The number of piperidine rings is 1. The van der Waals surface area contributed by atoms with Crippen molar-refractivity contribution in [2.24, 2.45) is 0 Å². The monoisotopic (exact) mass is 300 g/mol. The van der Waals surface area contributed by atoms with Gasteiger partial charge in [-0.1, -0.05) is 12.1 Å². The molecule has 0 spiro atoms. The van der Waals surface area contributed by atoms with Crippen molar-refractivity contribution >= 4 is 11.1 Å². The molecule has 0 bridgehead atoms. The zero-order valence-electron chi connectivity index (χ0n) is 13.0. The number of oxazole rings is 1. The lowest BCUT2D eigenvalue weighted by atomic mass is 9.97. The molecule has 1 aromatic heterocycles. The lowest BCUT2D eigenvalue weighted by Gasteiger charge is -2.34. The highest BCUT2D eigenvalue weighted by molar-refractivity contribution is 5.72. The maximum atomic E-state index is 5.98. The highest BCUT2D eigenvalue weighted by atomic mass is 16.5. The molecule has 0 N–H and O–H groups in total. The Morgan fingerprint density at radius 1 is 1.14 bits per heavy atom. The van der Waals surface area contributed by atoms with Gasteiger partial charge in [-0.2, -0.15) is 0 Å². The van der Waals surface area contributed by atoms with Crippen LogP contribution >= 0.6 is 0 Å². The van der Waals surface area contributed by atoms with E-state index in [0.717, 1.165) is 36.7 Å². The Morgan fingerprint density at radius 2 is 2.09 bits per heavy atom. The smallest absolute Gasteiger partial charge is 0.199 e. The third-order valence-electron chi connectivity index (χ3n) is 4.90. The second-order valence-electron chi connectivity index (χ2n) is 6.61. The predicted molar refractivity (Wildman–Crippen MR) is 86.0 cm³/mol. The van der Waals surface area contributed by atoms with E-state index < -0.39 is 0 Å². The average Bonchev–Trinajstić information content (AvgIpc) is 3.00. The number of likely N-dealkylation sites (tertiary alicyclic amines) is 1. The normalized spacial score (nSPS) is 27.3. The highest BCUT2D eigenvalue weighted by Gasteiger charge is 2.27. The highest BCUT2D eigenvalue weighted by Crippen LogP contribution is 2.29. The molecule has 0 unspecified atom stereocenters. The molecule has 2 aromatic rings. The molecule has 2 aliphatic heterocycles. The van der Waals surface area contributed by atoms with Gasteiger partial charge in [0.25, 0.3) is 0 Å². The molecule has 2 saturated heterocycles. The molecule has 1 aromatic carbocycles. The maximum Gasteiger partial charge on any atom is 0.199 e. The van der Waals surface area contributed by atoms with Gasteiger partial charge < -0.3 is 9.15 Å². The van der Waals surface area contributed by atoms with Gasteiger partial charge in [-0.15, -0.1) is 0 Å². The molecule has 2 atom stereocenters. The fourth-order valence-electron chi connectivity index (χ4n) is 3.73. The molecule has 3 heterocycles. The van der Waals surface area contributed by atoms with Crippen molar-refractivity contribution < 1.29 is 9.15 Å². The van der Waals surface area contributed by atoms with E-state index in [1.807, 2.05) is 24.3 Å². The summed E-state index contributed by atoms with van der Waals surface area (Å²) in [4.78, 5) is 7.23. The standard InChI is InChI=1S/C18H24N2O2/c1-2-9-17-16(8-1)19-18(22-17)14-6-5-10-20(12-14)13-15-7-3-4-11-21-15/h1-2,8-9,14-15H,3-7,10-13H2/t14-,15-/m0/s1. The molecular formula is C18H24N2O2. The van der Waals surface area contributed by atoms with Crippen LogP contribution in [0.25, 0.3) is 11.1 Å². The zero-order chi connectivity index (χ0) is 14.8. The minimum Gasteiger partial charge on any atom is -0.440 e. The Bertz CT molecular complexity index is 585. The summed E-state index contributed by atoms with van der Waals surface area (Å²) >= 11 is 0. The maximum absolute atomic E-state index is 5.98. The van der Waals surface area contributed by atoms with Crippen molar-refractivity contribution in [3.63, 3.8) is 0 Å². The first-order chi connectivity index (χ1) is 10.9. The molecule has 4 heteroatoms. The number of para-hydroxylation sites is 2. The lowest BCUT2D eigenvalue weighted by Crippen LogP contribution is -2.41. The second kappa shape index (κ2) is 6.39. The van der Waals surface area contributed by atoms with Gasteiger partial charge in [0.2, 0.25) is 0 Å².